The second-order valence-electron chi connectivity index (χ2n) is 5.41. The smallest absolute Gasteiger partial charge is 0.260 e. The third kappa shape index (κ3) is 1.94. The SMILES string of the molecule is Nc1cc(Br)ccc1-c1nc(C2CC3CCC2O3)no1. The topological polar surface area (TPSA) is 74.2 Å². The predicted octanol–water partition coefficient (Wildman–Crippen LogP) is 3.12. The lowest BCUT2D eigenvalue weighted by molar-refractivity contribution is 0.0996. The molecule has 2 saturated heterocycles. The molecule has 0 saturated carbocycles. The van der Waals surface area contributed by atoms with E-state index in [-0.39, 0.29) is 12.0 Å². The maximum Gasteiger partial charge on any atom is 0.260 e. The molecule has 1 aromatic carbocycles. The number of ether oxygens (including phenoxy) is 1. The van der Waals surface area contributed by atoms with E-state index in [0.717, 1.165) is 35.1 Å². The summed E-state index contributed by atoms with van der Waals surface area (Å²) in [6.45, 7) is 0. The molecular weight excluding hydrogens is 322 g/mol. The molecule has 0 amide bonds. The van der Waals surface area contributed by atoms with Crippen LogP contribution in [0.2, 0.25) is 0 Å². The molecule has 20 heavy (non-hydrogen) atoms. The first-order valence-electron chi connectivity index (χ1n) is 6.75. The van der Waals surface area contributed by atoms with Crippen molar-refractivity contribution in [2.75, 3.05) is 5.73 Å². The Morgan fingerprint density at radius 2 is 2.20 bits per heavy atom. The van der Waals surface area contributed by atoms with Crippen LogP contribution in [0.4, 0.5) is 5.69 Å². The van der Waals surface area contributed by atoms with Crippen LogP contribution in [-0.2, 0) is 4.74 Å². The summed E-state index contributed by atoms with van der Waals surface area (Å²) in [5, 5.41) is 4.12. The van der Waals surface area contributed by atoms with E-state index in [4.69, 9.17) is 15.0 Å². The zero-order chi connectivity index (χ0) is 13.7. The lowest BCUT2D eigenvalue weighted by Crippen LogP contribution is -2.15. The Morgan fingerprint density at radius 1 is 1.30 bits per heavy atom. The minimum absolute atomic E-state index is 0.257. The molecular formula is C14H14BrN3O2. The molecule has 2 N–H and O–H groups in total. The number of nitrogens with two attached hydrogens (primary N) is 1. The molecule has 2 aromatic rings. The molecule has 104 valence electrons. The van der Waals surface area contributed by atoms with Crippen molar-refractivity contribution in [3.05, 3.63) is 28.5 Å². The lowest BCUT2D eigenvalue weighted by Gasteiger charge is -2.13. The van der Waals surface area contributed by atoms with E-state index >= 15 is 0 Å². The van der Waals surface area contributed by atoms with Gasteiger partial charge in [-0.15, -0.1) is 0 Å². The van der Waals surface area contributed by atoms with Crippen molar-refractivity contribution >= 4 is 21.6 Å². The summed E-state index contributed by atoms with van der Waals surface area (Å²) in [7, 11) is 0. The maximum absolute atomic E-state index is 5.99. The molecule has 2 bridgehead atoms. The van der Waals surface area contributed by atoms with Gasteiger partial charge in [0.1, 0.15) is 0 Å². The second-order valence-corrected chi connectivity index (χ2v) is 6.32. The molecule has 2 fully saturated rings. The molecule has 5 nitrogen and oxygen atoms in total. The van der Waals surface area contributed by atoms with E-state index in [0.29, 0.717) is 17.7 Å². The van der Waals surface area contributed by atoms with Crippen molar-refractivity contribution in [1.29, 1.82) is 0 Å². The Kier molecular flexibility index (Phi) is 2.82. The van der Waals surface area contributed by atoms with Crippen molar-refractivity contribution in [2.24, 2.45) is 0 Å². The van der Waals surface area contributed by atoms with Crippen LogP contribution in [0.5, 0.6) is 0 Å². The van der Waals surface area contributed by atoms with Crippen LogP contribution in [-0.4, -0.2) is 22.3 Å². The first-order valence-corrected chi connectivity index (χ1v) is 7.54. The van der Waals surface area contributed by atoms with Crippen LogP contribution >= 0.6 is 15.9 Å². The molecule has 2 aliphatic rings. The number of rotatable bonds is 2. The van der Waals surface area contributed by atoms with Crippen molar-refractivity contribution in [3.63, 3.8) is 0 Å². The highest BCUT2D eigenvalue weighted by molar-refractivity contribution is 9.10. The van der Waals surface area contributed by atoms with E-state index in [9.17, 15) is 0 Å². The quantitative estimate of drug-likeness (QED) is 0.853. The van der Waals surface area contributed by atoms with Crippen LogP contribution in [0.25, 0.3) is 11.5 Å². The number of nitrogen functional groups attached to an aromatic ring is 1. The summed E-state index contributed by atoms with van der Waals surface area (Å²) in [4.78, 5) is 4.52. The zero-order valence-electron chi connectivity index (χ0n) is 10.8. The van der Waals surface area contributed by atoms with Gasteiger partial charge in [0, 0.05) is 10.2 Å². The summed E-state index contributed by atoms with van der Waals surface area (Å²) in [6, 6.07) is 5.63. The molecule has 3 atom stereocenters. The molecule has 6 heteroatoms. The Bertz CT molecular complexity index is 658. The molecule has 3 unspecified atom stereocenters. The van der Waals surface area contributed by atoms with Gasteiger partial charge in [0.2, 0.25) is 0 Å². The van der Waals surface area contributed by atoms with Gasteiger partial charge in [-0.05, 0) is 37.5 Å². The van der Waals surface area contributed by atoms with Gasteiger partial charge in [-0.25, -0.2) is 0 Å². The summed E-state index contributed by atoms with van der Waals surface area (Å²) >= 11 is 3.39. The van der Waals surface area contributed by atoms with Gasteiger partial charge in [0.05, 0.1) is 23.7 Å². The Labute approximate surface area is 124 Å². The maximum atomic E-state index is 5.99. The van der Waals surface area contributed by atoms with Crippen LogP contribution in [0.1, 0.15) is 31.0 Å². The van der Waals surface area contributed by atoms with E-state index in [1.165, 1.54) is 0 Å². The first kappa shape index (κ1) is 12.3. The van der Waals surface area contributed by atoms with Gasteiger partial charge in [0.25, 0.3) is 5.89 Å². The average Bonchev–Trinajstić information content (AvgIpc) is 3.14. The molecule has 3 heterocycles. The molecule has 0 aliphatic carbocycles. The summed E-state index contributed by atoms with van der Waals surface area (Å²) < 4.78 is 12.2. The third-order valence-electron chi connectivity index (χ3n) is 4.12. The number of hydrogen-bond acceptors (Lipinski definition) is 5. The minimum atomic E-state index is 0.257. The highest BCUT2D eigenvalue weighted by Crippen LogP contribution is 2.43. The lowest BCUT2D eigenvalue weighted by atomic mass is 9.89. The number of halogens is 1. The Hall–Kier alpha value is -1.40. The van der Waals surface area contributed by atoms with Crippen LogP contribution in [0.15, 0.2) is 27.2 Å². The average molecular weight is 336 g/mol. The Morgan fingerprint density at radius 3 is 2.90 bits per heavy atom. The fraction of sp³-hybridized carbons (Fsp3) is 0.429. The fourth-order valence-electron chi connectivity index (χ4n) is 3.13. The molecule has 4 rings (SSSR count). The number of aromatic nitrogens is 2. The molecule has 1 aromatic heterocycles. The Balaban J connectivity index is 1.65. The molecule has 2 aliphatic heterocycles. The van der Waals surface area contributed by atoms with E-state index in [2.05, 4.69) is 26.1 Å². The summed E-state index contributed by atoms with van der Waals surface area (Å²) in [6.07, 6.45) is 3.89. The van der Waals surface area contributed by atoms with E-state index < -0.39 is 0 Å². The standard InChI is InChI=1S/C14H14BrN3O2/c15-7-1-3-9(11(16)5-7)14-17-13(18-20-14)10-6-8-2-4-12(10)19-8/h1,3,5,8,10,12H,2,4,6,16H2. The largest absolute Gasteiger partial charge is 0.398 e. The van der Waals surface area contributed by atoms with Crippen LogP contribution < -0.4 is 5.73 Å². The van der Waals surface area contributed by atoms with Gasteiger partial charge < -0.3 is 15.0 Å². The molecule has 0 radical (unpaired) electrons. The zero-order valence-corrected chi connectivity index (χ0v) is 12.3. The van der Waals surface area contributed by atoms with Crippen LogP contribution in [0, 0.1) is 0 Å². The number of anilines is 1. The second kappa shape index (κ2) is 4.56. The van der Waals surface area contributed by atoms with Gasteiger partial charge in [0.15, 0.2) is 5.82 Å². The number of benzene rings is 1. The normalized spacial score (nSPS) is 28.1. The van der Waals surface area contributed by atoms with Crippen molar-refractivity contribution in [1.82, 2.24) is 10.1 Å². The summed E-state index contributed by atoms with van der Waals surface area (Å²) in [5.74, 6) is 1.49. The van der Waals surface area contributed by atoms with E-state index in [1.54, 1.807) is 0 Å². The first-order chi connectivity index (χ1) is 9.70. The predicted molar refractivity (Wildman–Crippen MR) is 77.1 cm³/mol. The number of fused-ring (bicyclic) bond motifs is 2. The summed E-state index contributed by atoms with van der Waals surface area (Å²) in [5.41, 5.74) is 7.39. The van der Waals surface area contributed by atoms with E-state index in [1.807, 2.05) is 18.2 Å². The highest BCUT2D eigenvalue weighted by atomic mass is 79.9. The number of hydrogen-bond donors (Lipinski definition) is 1. The van der Waals surface area contributed by atoms with Gasteiger partial charge in [-0.3, -0.25) is 0 Å². The molecule has 0 spiro atoms. The van der Waals surface area contributed by atoms with Gasteiger partial charge in [-0.2, -0.15) is 4.98 Å². The van der Waals surface area contributed by atoms with Crippen molar-refractivity contribution < 1.29 is 9.26 Å². The monoisotopic (exact) mass is 335 g/mol. The van der Waals surface area contributed by atoms with Crippen LogP contribution in [0.3, 0.4) is 0 Å². The van der Waals surface area contributed by atoms with Gasteiger partial charge in [-0.1, -0.05) is 21.1 Å². The number of nitrogens with zero attached hydrogens (tertiary/aromatic N) is 2. The highest BCUT2D eigenvalue weighted by Gasteiger charge is 2.43. The third-order valence-corrected chi connectivity index (χ3v) is 4.62. The van der Waals surface area contributed by atoms with Crippen molar-refractivity contribution in [3.8, 4) is 11.5 Å². The van der Waals surface area contributed by atoms with Gasteiger partial charge >= 0.3 is 0 Å². The minimum Gasteiger partial charge on any atom is -0.398 e. The fourth-order valence-corrected chi connectivity index (χ4v) is 3.51. The van der Waals surface area contributed by atoms with Crippen molar-refractivity contribution in [2.45, 2.75) is 37.4 Å².